The minimum absolute atomic E-state index is 0.0104. The molecule has 1 saturated heterocycles. The Morgan fingerprint density at radius 1 is 0.724 bits per heavy atom. The topological polar surface area (TPSA) is 20.3 Å². The molecule has 0 saturated carbocycles. The monoisotopic (exact) mass is 397 g/mol. The number of fused-ring (bicyclic) bond motifs is 1. The molecule has 3 heteroatoms. The molecular formula is C26H24NOP. The highest BCUT2D eigenvalue weighted by Crippen LogP contribution is 2.69. The Labute approximate surface area is 172 Å². The van der Waals surface area contributed by atoms with Crippen molar-refractivity contribution in [3.63, 3.8) is 0 Å². The summed E-state index contributed by atoms with van der Waals surface area (Å²) >= 11 is 0. The summed E-state index contributed by atoms with van der Waals surface area (Å²) in [6, 6.07) is 31.1. The maximum absolute atomic E-state index is 14.9. The molecule has 2 aliphatic rings. The zero-order chi connectivity index (χ0) is 19.7. The van der Waals surface area contributed by atoms with E-state index in [9.17, 15) is 4.57 Å². The summed E-state index contributed by atoms with van der Waals surface area (Å²) in [5, 5.41) is 0.948. The molecule has 1 fully saturated rings. The molecule has 0 spiro atoms. The van der Waals surface area contributed by atoms with Crippen LogP contribution in [-0.2, 0) is 11.1 Å². The van der Waals surface area contributed by atoms with Crippen LogP contribution in [0.25, 0.3) is 0 Å². The van der Waals surface area contributed by atoms with Crippen LogP contribution in [0.5, 0.6) is 0 Å². The van der Waals surface area contributed by atoms with Gasteiger partial charge in [0.15, 0.2) is 7.29 Å². The van der Waals surface area contributed by atoms with Crippen LogP contribution in [0.4, 0.5) is 0 Å². The van der Waals surface area contributed by atoms with Crippen molar-refractivity contribution >= 4 is 12.6 Å². The Morgan fingerprint density at radius 2 is 1.31 bits per heavy atom. The molecule has 0 N–H and O–H groups in total. The lowest BCUT2D eigenvalue weighted by Gasteiger charge is -2.32. The van der Waals surface area contributed by atoms with Gasteiger partial charge in [0.2, 0.25) is 0 Å². The van der Waals surface area contributed by atoms with Gasteiger partial charge in [-0.1, -0.05) is 115 Å². The number of benzene rings is 3. The van der Waals surface area contributed by atoms with E-state index in [2.05, 4.69) is 77.5 Å². The highest BCUT2D eigenvalue weighted by molar-refractivity contribution is 7.70. The second-order valence-electron chi connectivity index (χ2n) is 7.73. The summed E-state index contributed by atoms with van der Waals surface area (Å²) < 4.78 is 17.2. The minimum atomic E-state index is -2.86. The first-order chi connectivity index (χ1) is 14.3. The zero-order valence-electron chi connectivity index (χ0n) is 16.2. The Balaban J connectivity index is 1.70. The van der Waals surface area contributed by atoms with Gasteiger partial charge in [-0.15, -0.1) is 0 Å². The Hall–Kier alpha value is -2.67. The third-order valence-corrected chi connectivity index (χ3v) is 9.59. The molecule has 5 rings (SSSR count). The van der Waals surface area contributed by atoms with Gasteiger partial charge in [-0.3, -0.25) is 0 Å². The van der Waals surface area contributed by atoms with Gasteiger partial charge in [0.05, 0.1) is 5.66 Å². The average Bonchev–Trinajstić information content (AvgIpc) is 3.05. The third-order valence-electron chi connectivity index (χ3n) is 6.07. The lowest BCUT2D eigenvalue weighted by atomic mass is 9.87. The molecule has 29 heavy (non-hydrogen) atoms. The molecule has 2 nitrogen and oxygen atoms in total. The predicted octanol–water partition coefficient (Wildman–Crippen LogP) is 5.96. The molecule has 0 radical (unpaired) electrons. The van der Waals surface area contributed by atoms with Gasteiger partial charge in [-0.2, -0.15) is 0 Å². The van der Waals surface area contributed by atoms with E-state index < -0.39 is 7.29 Å². The maximum Gasteiger partial charge on any atom is 0.186 e. The normalized spacial score (nSPS) is 28.3. The fraction of sp³-hybridized carbons (Fsp3) is 0.154. The predicted molar refractivity (Wildman–Crippen MR) is 120 cm³/mol. The van der Waals surface area contributed by atoms with Crippen molar-refractivity contribution in [3.05, 3.63) is 126 Å². The molecule has 0 aromatic heterocycles. The zero-order valence-corrected chi connectivity index (χ0v) is 17.1. The van der Waals surface area contributed by atoms with Crippen molar-refractivity contribution in [1.29, 1.82) is 0 Å². The summed E-state index contributed by atoms with van der Waals surface area (Å²) in [5.74, 6) is 0.192. The number of nitrogens with zero attached hydrogens (tertiary/aromatic N) is 1. The van der Waals surface area contributed by atoms with Crippen molar-refractivity contribution in [1.82, 2.24) is 4.67 Å². The van der Waals surface area contributed by atoms with Gasteiger partial charge >= 0.3 is 0 Å². The van der Waals surface area contributed by atoms with E-state index in [1.54, 1.807) is 0 Å². The number of rotatable bonds is 4. The number of hydrogen-bond acceptors (Lipinski definition) is 1. The second-order valence-corrected chi connectivity index (χ2v) is 10.6. The van der Waals surface area contributed by atoms with Crippen LogP contribution in [-0.4, -0.2) is 10.3 Å². The quantitative estimate of drug-likeness (QED) is 0.507. The van der Waals surface area contributed by atoms with Crippen LogP contribution in [0.2, 0.25) is 0 Å². The van der Waals surface area contributed by atoms with E-state index in [0.29, 0.717) is 6.54 Å². The average molecular weight is 397 g/mol. The van der Waals surface area contributed by atoms with Crippen LogP contribution in [0.15, 0.2) is 115 Å². The number of hydrogen-bond donors (Lipinski definition) is 0. The summed E-state index contributed by atoms with van der Waals surface area (Å²) in [5.41, 5.74) is 2.41. The molecule has 4 atom stereocenters. The lowest BCUT2D eigenvalue weighted by molar-refractivity contribution is 0.307. The first kappa shape index (κ1) is 18.4. The highest BCUT2D eigenvalue weighted by atomic mass is 31.2. The Morgan fingerprint density at radius 3 is 2.00 bits per heavy atom. The van der Waals surface area contributed by atoms with Crippen LogP contribution in [0.1, 0.15) is 17.2 Å². The lowest BCUT2D eigenvalue weighted by Crippen LogP contribution is -2.26. The Bertz CT molecular complexity index is 1080. The molecular weight excluding hydrogens is 373 g/mol. The highest BCUT2D eigenvalue weighted by Gasteiger charge is 2.55. The fourth-order valence-electron chi connectivity index (χ4n) is 4.79. The van der Waals surface area contributed by atoms with Crippen LogP contribution in [0.3, 0.4) is 0 Å². The van der Waals surface area contributed by atoms with Crippen molar-refractivity contribution in [2.45, 2.75) is 18.2 Å². The smallest absolute Gasteiger partial charge is 0.186 e. The first-order valence-corrected chi connectivity index (χ1v) is 11.9. The van der Waals surface area contributed by atoms with Crippen molar-refractivity contribution in [3.8, 4) is 0 Å². The largest absolute Gasteiger partial charge is 0.301 e. The third kappa shape index (κ3) is 3.13. The summed E-state index contributed by atoms with van der Waals surface area (Å²) in [7, 11) is -2.86. The van der Waals surface area contributed by atoms with E-state index in [-0.39, 0.29) is 17.6 Å². The molecule has 144 valence electrons. The van der Waals surface area contributed by atoms with E-state index in [4.69, 9.17) is 0 Å². The van der Waals surface area contributed by atoms with Gasteiger partial charge in [0.25, 0.3) is 0 Å². The minimum Gasteiger partial charge on any atom is -0.301 e. The molecule has 0 bridgehead atoms. The van der Waals surface area contributed by atoms with E-state index in [1.165, 1.54) is 11.1 Å². The molecule has 3 aromatic rings. The molecule has 1 unspecified atom stereocenters. The molecule has 0 amide bonds. The van der Waals surface area contributed by atoms with Gasteiger partial charge in [0.1, 0.15) is 0 Å². The molecule has 1 aliphatic carbocycles. The van der Waals surface area contributed by atoms with Crippen LogP contribution in [0, 0.1) is 5.92 Å². The van der Waals surface area contributed by atoms with Crippen molar-refractivity contribution < 1.29 is 4.57 Å². The standard InChI is InChI=1S/C26H24NOP/c28-29(23-16-8-3-9-17-23)25-19-11-10-18-24(25)26(22-14-6-2-7-15-22)27(29)20-21-12-4-1-5-13-21/h1-19,24-26H,20H2/t24-,25+,26+,29?/m1/s1. The molecule has 1 heterocycles. The van der Waals surface area contributed by atoms with Crippen LogP contribution >= 0.6 is 7.29 Å². The summed E-state index contributed by atoms with van der Waals surface area (Å²) in [6.07, 6.45) is 8.59. The van der Waals surface area contributed by atoms with Gasteiger partial charge in [-0.05, 0) is 11.1 Å². The van der Waals surface area contributed by atoms with Gasteiger partial charge in [0, 0.05) is 23.8 Å². The summed E-state index contributed by atoms with van der Waals surface area (Å²) in [6.45, 7) is 0.668. The van der Waals surface area contributed by atoms with E-state index in [1.807, 2.05) is 42.5 Å². The second kappa shape index (κ2) is 7.63. The first-order valence-electron chi connectivity index (χ1n) is 10.1. The maximum atomic E-state index is 14.9. The van der Waals surface area contributed by atoms with Crippen molar-refractivity contribution in [2.75, 3.05) is 0 Å². The fourth-order valence-corrected chi connectivity index (χ4v) is 8.46. The van der Waals surface area contributed by atoms with Crippen molar-refractivity contribution in [2.24, 2.45) is 5.92 Å². The Kier molecular flexibility index (Phi) is 4.83. The molecule has 3 aromatic carbocycles. The van der Waals surface area contributed by atoms with E-state index in [0.717, 1.165) is 5.30 Å². The van der Waals surface area contributed by atoms with Gasteiger partial charge < -0.3 is 4.57 Å². The summed E-state index contributed by atoms with van der Waals surface area (Å²) in [4.78, 5) is 0. The van der Waals surface area contributed by atoms with Gasteiger partial charge in [-0.25, -0.2) is 4.67 Å². The number of allylic oxidation sites excluding steroid dienone is 3. The van der Waals surface area contributed by atoms with E-state index >= 15 is 0 Å². The van der Waals surface area contributed by atoms with Crippen LogP contribution < -0.4 is 5.30 Å². The SMILES string of the molecule is O=P1(c2ccccc2)[C@H]2C=CC=C[C@H]2[C@H](c2ccccc2)N1Cc1ccccc1. The molecule has 1 aliphatic heterocycles.